The molecule has 0 fully saturated rings. The standard InChI is InChI=1S/C25H24N2O3S2/c1-17(20-12-6-9-18-7-2-4-10-21(18)20)27-23(28)15-30-24(29)22-11-5-3-8-19(22)16-32-25-26-13-14-31-25/h2-12,17H,13-16H2,1H3,(H,27,28). The normalized spacial score (nSPS) is 14.1. The van der Waals surface area contributed by atoms with Crippen molar-refractivity contribution in [3.63, 3.8) is 0 Å². The van der Waals surface area contributed by atoms with Gasteiger partial charge in [0.2, 0.25) is 0 Å². The summed E-state index contributed by atoms with van der Waals surface area (Å²) in [4.78, 5) is 29.6. The van der Waals surface area contributed by atoms with Gasteiger partial charge in [0, 0.05) is 11.5 Å². The Labute approximate surface area is 196 Å². The Morgan fingerprint density at radius 1 is 1.09 bits per heavy atom. The molecule has 0 aromatic heterocycles. The summed E-state index contributed by atoms with van der Waals surface area (Å²) >= 11 is 3.36. The predicted molar refractivity (Wildman–Crippen MR) is 133 cm³/mol. The number of nitrogens with zero attached hydrogens (tertiary/aromatic N) is 1. The topological polar surface area (TPSA) is 67.8 Å². The molecule has 4 rings (SSSR count). The van der Waals surface area contributed by atoms with Crippen LogP contribution in [-0.2, 0) is 15.3 Å². The van der Waals surface area contributed by atoms with E-state index in [2.05, 4.69) is 10.3 Å². The van der Waals surface area contributed by atoms with Gasteiger partial charge in [0.15, 0.2) is 6.61 Å². The Morgan fingerprint density at radius 2 is 1.88 bits per heavy atom. The number of fused-ring (bicyclic) bond motifs is 1. The van der Waals surface area contributed by atoms with E-state index in [1.807, 2.05) is 61.5 Å². The predicted octanol–water partition coefficient (Wildman–Crippen LogP) is 5.21. The van der Waals surface area contributed by atoms with Crippen LogP contribution in [-0.4, -0.2) is 35.2 Å². The third-order valence-corrected chi connectivity index (χ3v) is 7.45. The van der Waals surface area contributed by atoms with Crippen LogP contribution in [0.15, 0.2) is 71.7 Å². The van der Waals surface area contributed by atoms with Crippen molar-refractivity contribution in [3.05, 3.63) is 83.4 Å². The van der Waals surface area contributed by atoms with E-state index in [4.69, 9.17) is 4.74 Å². The van der Waals surface area contributed by atoms with Crippen molar-refractivity contribution in [1.29, 1.82) is 0 Å². The molecule has 0 bridgehead atoms. The summed E-state index contributed by atoms with van der Waals surface area (Å²) in [6.07, 6.45) is 0. The summed E-state index contributed by atoms with van der Waals surface area (Å²) < 4.78 is 6.38. The number of carbonyl (C=O) groups is 2. The molecule has 0 spiro atoms. The van der Waals surface area contributed by atoms with E-state index >= 15 is 0 Å². The van der Waals surface area contributed by atoms with Gasteiger partial charge in [-0.1, -0.05) is 84.2 Å². The van der Waals surface area contributed by atoms with Gasteiger partial charge in [0.05, 0.1) is 18.2 Å². The zero-order valence-corrected chi connectivity index (χ0v) is 19.4. The third-order valence-electron chi connectivity index (χ3n) is 5.15. The van der Waals surface area contributed by atoms with Gasteiger partial charge in [0.1, 0.15) is 4.38 Å². The van der Waals surface area contributed by atoms with E-state index in [-0.39, 0.29) is 18.6 Å². The van der Waals surface area contributed by atoms with Crippen LogP contribution in [0.1, 0.15) is 34.5 Å². The van der Waals surface area contributed by atoms with Gasteiger partial charge in [-0.3, -0.25) is 9.79 Å². The Hall–Kier alpha value is -2.77. The number of rotatable bonds is 7. The van der Waals surface area contributed by atoms with Gasteiger partial charge in [-0.15, -0.1) is 0 Å². The fourth-order valence-corrected chi connectivity index (χ4v) is 5.60. The molecule has 1 atom stereocenters. The number of ether oxygens (including phenoxy) is 1. The molecule has 1 aliphatic rings. The van der Waals surface area contributed by atoms with Crippen molar-refractivity contribution >= 4 is 50.5 Å². The highest BCUT2D eigenvalue weighted by Gasteiger charge is 2.17. The van der Waals surface area contributed by atoms with Crippen molar-refractivity contribution in [2.45, 2.75) is 18.7 Å². The van der Waals surface area contributed by atoms with Crippen molar-refractivity contribution in [2.24, 2.45) is 4.99 Å². The number of carbonyl (C=O) groups excluding carboxylic acids is 2. The van der Waals surface area contributed by atoms with Crippen LogP contribution >= 0.6 is 23.5 Å². The Kier molecular flexibility index (Phi) is 7.50. The molecule has 3 aromatic rings. The first kappa shape index (κ1) is 22.4. The van der Waals surface area contributed by atoms with Crippen LogP contribution in [0.3, 0.4) is 0 Å². The van der Waals surface area contributed by atoms with Gasteiger partial charge >= 0.3 is 5.97 Å². The molecule has 0 radical (unpaired) electrons. The lowest BCUT2D eigenvalue weighted by atomic mass is 10.00. The number of nitrogens with one attached hydrogen (secondary N) is 1. The quantitative estimate of drug-likeness (QED) is 0.486. The molecule has 32 heavy (non-hydrogen) atoms. The van der Waals surface area contributed by atoms with Gasteiger partial charge in [-0.05, 0) is 34.9 Å². The molecule has 0 aliphatic carbocycles. The monoisotopic (exact) mass is 464 g/mol. The summed E-state index contributed by atoms with van der Waals surface area (Å²) in [6.45, 7) is 2.46. The molecule has 1 amide bonds. The zero-order valence-electron chi connectivity index (χ0n) is 17.7. The molecule has 164 valence electrons. The van der Waals surface area contributed by atoms with Crippen LogP contribution in [0.25, 0.3) is 10.8 Å². The first-order chi connectivity index (χ1) is 15.6. The molecule has 1 N–H and O–H groups in total. The minimum Gasteiger partial charge on any atom is -0.452 e. The van der Waals surface area contributed by atoms with Crippen molar-refractivity contribution in [3.8, 4) is 0 Å². The lowest BCUT2D eigenvalue weighted by Crippen LogP contribution is -2.31. The van der Waals surface area contributed by atoms with Crippen molar-refractivity contribution < 1.29 is 14.3 Å². The molecule has 5 nitrogen and oxygen atoms in total. The average molecular weight is 465 g/mol. The summed E-state index contributed by atoms with van der Waals surface area (Å²) in [5.41, 5.74) is 2.39. The molecule has 7 heteroatoms. The van der Waals surface area contributed by atoms with Crippen LogP contribution in [0.5, 0.6) is 0 Å². The lowest BCUT2D eigenvalue weighted by Gasteiger charge is -2.17. The molecule has 1 heterocycles. The Morgan fingerprint density at radius 3 is 2.72 bits per heavy atom. The van der Waals surface area contributed by atoms with Crippen LogP contribution in [0.4, 0.5) is 0 Å². The summed E-state index contributed by atoms with van der Waals surface area (Å²) in [5, 5.41) is 5.15. The molecule has 0 saturated heterocycles. The highest BCUT2D eigenvalue weighted by Crippen LogP contribution is 2.27. The molecule has 1 aliphatic heterocycles. The molecule has 3 aromatic carbocycles. The molecule has 1 unspecified atom stereocenters. The number of amides is 1. The third kappa shape index (κ3) is 5.53. The van der Waals surface area contributed by atoms with E-state index in [1.54, 1.807) is 35.7 Å². The number of hydrogen-bond acceptors (Lipinski definition) is 6. The fraction of sp³-hybridized carbons (Fsp3) is 0.240. The number of benzene rings is 3. The maximum Gasteiger partial charge on any atom is 0.338 e. The van der Waals surface area contributed by atoms with Gasteiger partial charge in [-0.25, -0.2) is 4.79 Å². The largest absolute Gasteiger partial charge is 0.452 e. The summed E-state index contributed by atoms with van der Waals surface area (Å²) in [5.74, 6) is 0.831. The minimum absolute atomic E-state index is 0.208. The average Bonchev–Trinajstić information content (AvgIpc) is 3.34. The molecular formula is C25H24N2O3S2. The second-order valence-corrected chi connectivity index (χ2v) is 9.68. The number of thioether (sulfide) groups is 2. The minimum atomic E-state index is -0.491. The van der Waals surface area contributed by atoms with Gasteiger partial charge in [0.25, 0.3) is 5.91 Å². The molecule has 0 saturated carbocycles. The SMILES string of the molecule is CC(NC(=O)COC(=O)c1ccccc1CSC1=NCCS1)c1cccc2ccccc12. The zero-order chi connectivity index (χ0) is 22.3. The van der Waals surface area contributed by atoms with Crippen LogP contribution < -0.4 is 5.32 Å². The maximum atomic E-state index is 12.6. The highest BCUT2D eigenvalue weighted by molar-refractivity contribution is 8.38. The smallest absolute Gasteiger partial charge is 0.338 e. The Bertz CT molecular complexity index is 1160. The van der Waals surface area contributed by atoms with E-state index in [9.17, 15) is 9.59 Å². The second kappa shape index (κ2) is 10.7. The maximum absolute atomic E-state index is 12.6. The van der Waals surface area contributed by atoms with E-state index < -0.39 is 5.97 Å². The molecular weight excluding hydrogens is 440 g/mol. The van der Waals surface area contributed by atoms with Crippen LogP contribution in [0.2, 0.25) is 0 Å². The Balaban J connectivity index is 1.34. The van der Waals surface area contributed by atoms with Crippen molar-refractivity contribution in [2.75, 3.05) is 18.9 Å². The van der Waals surface area contributed by atoms with Crippen molar-refractivity contribution in [1.82, 2.24) is 5.32 Å². The highest BCUT2D eigenvalue weighted by atomic mass is 32.2. The first-order valence-corrected chi connectivity index (χ1v) is 12.4. The van der Waals surface area contributed by atoms with Gasteiger partial charge < -0.3 is 10.1 Å². The second-order valence-electron chi connectivity index (χ2n) is 7.38. The van der Waals surface area contributed by atoms with E-state index in [1.165, 1.54) is 0 Å². The lowest BCUT2D eigenvalue weighted by molar-refractivity contribution is -0.124. The fourth-order valence-electron chi connectivity index (χ4n) is 3.59. The van der Waals surface area contributed by atoms with Crippen LogP contribution in [0, 0.1) is 0 Å². The first-order valence-electron chi connectivity index (χ1n) is 10.4. The van der Waals surface area contributed by atoms with Gasteiger partial charge in [-0.2, -0.15) is 0 Å². The summed E-state index contributed by atoms with van der Waals surface area (Å²) in [7, 11) is 0. The number of aliphatic imine (C=N–C) groups is 1. The van der Waals surface area contributed by atoms with E-state index in [0.29, 0.717) is 11.3 Å². The number of esters is 1. The number of hydrogen-bond donors (Lipinski definition) is 1. The van der Waals surface area contributed by atoms with E-state index in [0.717, 1.165) is 38.6 Å². The summed E-state index contributed by atoms with van der Waals surface area (Å²) in [6, 6.07) is 21.2.